The Morgan fingerprint density at radius 2 is 1.29 bits per heavy atom. The summed E-state index contributed by atoms with van der Waals surface area (Å²) in [6.45, 7) is 17.8. The second kappa shape index (κ2) is 36.5. The lowest BCUT2D eigenvalue weighted by Gasteiger charge is -1.89. The number of carbonyl (C=O) groups is 1. The Kier molecular flexibility index (Phi) is 53.1. The number of aliphatic carboxylic acids is 1. The Labute approximate surface area is 108 Å². The normalized spacial score (nSPS) is 6.59. The highest BCUT2D eigenvalue weighted by atomic mass is 16.4. The van der Waals surface area contributed by atoms with E-state index in [9.17, 15) is 4.79 Å². The highest BCUT2D eigenvalue weighted by Crippen LogP contribution is 1.97. The van der Waals surface area contributed by atoms with E-state index in [1.807, 2.05) is 20.8 Å². The van der Waals surface area contributed by atoms with Gasteiger partial charge in [-0.1, -0.05) is 38.0 Å². The average molecular weight is 242 g/mol. The van der Waals surface area contributed by atoms with Gasteiger partial charge in [0, 0.05) is 6.42 Å². The third-order valence-electron chi connectivity index (χ3n) is 0.994. The zero-order chi connectivity index (χ0) is 14.5. The first kappa shape index (κ1) is 24.8. The van der Waals surface area contributed by atoms with Gasteiger partial charge in [-0.3, -0.25) is 4.79 Å². The summed E-state index contributed by atoms with van der Waals surface area (Å²) in [5.41, 5.74) is 0. The zero-order valence-electron chi connectivity index (χ0n) is 12.0. The van der Waals surface area contributed by atoms with Crippen LogP contribution in [0.25, 0.3) is 0 Å². The van der Waals surface area contributed by atoms with E-state index < -0.39 is 5.97 Å². The molecule has 0 aliphatic carbocycles. The first-order valence-corrected chi connectivity index (χ1v) is 5.95. The summed E-state index contributed by atoms with van der Waals surface area (Å²) < 4.78 is 0. The number of carboxylic acid groups (broad SMARTS) is 1. The minimum atomic E-state index is -0.682. The summed E-state index contributed by atoms with van der Waals surface area (Å²) in [5.74, 6) is -0.682. The molecule has 2 heteroatoms. The van der Waals surface area contributed by atoms with Crippen LogP contribution in [0.4, 0.5) is 0 Å². The molecule has 0 aliphatic heterocycles. The fraction of sp³-hybridized carbons (Fsp3) is 0.533. The second-order valence-electron chi connectivity index (χ2n) is 3.08. The number of hydrogen-bond donors (Lipinski definition) is 1. The third-order valence-corrected chi connectivity index (χ3v) is 0.994. The summed E-state index contributed by atoms with van der Waals surface area (Å²) in [6, 6.07) is 0. The van der Waals surface area contributed by atoms with Crippen molar-refractivity contribution in [3.63, 3.8) is 0 Å². The van der Waals surface area contributed by atoms with Gasteiger partial charge in [0.05, 0.1) is 0 Å². The molecule has 17 heavy (non-hydrogen) atoms. The maximum absolute atomic E-state index is 9.87. The summed E-state index contributed by atoms with van der Waals surface area (Å²) in [5, 5.41) is 8.14. The van der Waals surface area contributed by atoms with Crippen molar-refractivity contribution in [2.75, 3.05) is 0 Å². The Bertz CT molecular complexity index is 146. The lowest BCUT2D eigenvalue weighted by Crippen LogP contribution is -1.92. The van der Waals surface area contributed by atoms with E-state index in [1.54, 1.807) is 18.2 Å². The molecule has 0 radical (unpaired) electrons. The zero-order valence-corrected chi connectivity index (χ0v) is 12.0. The molecule has 0 fully saturated rings. The molecule has 0 saturated carbocycles. The molecule has 0 bridgehead atoms. The minimum Gasteiger partial charge on any atom is -0.481 e. The Morgan fingerprint density at radius 1 is 1.00 bits per heavy atom. The second-order valence-corrected chi connectivity index (χ2v) is 3.08. The van der Waals surface area contributed by atoms with Gasteiger partial charge >= 0.3 is 5.97 Å². The summed E-state index contributed by atoms with van der Waals surface area (Å²) >= 11 is 0. The quantitative estimate of drug-likeness (QED) is 0.541. The number of allylic oxidation sites excluding steroid dienone is 3. The molecule has 2 nitrogen and oxygen atoms in total. The van der Waals surface area contributed by atoms with Crippen LogP contribution in [0.5, 0.6) is 0 Å². The van der Waals surface area contributed by atoms with Crippen molar-refractivity contribution in [3.8, 4) is 0 Å². The molecule has 0 spiro atoms. The maximum atomic E-state index is 9.87. The van der Waals surface area contributed by atoms with Crippen molar-refractivity contribution in [3.05, 3.63) is 38.0 Å². The van der Waals surface area contributed by atoms with Crippen molar-refractivity contribution < 1.29 is 9.90 Å². The highest BCUT2D eigenvalue weighted by Gasteiger charge is 1.92. The van der Waals surface area contributed by atoms with E-state index in [0.717, 1.165) is 19.3 Å². The van der Waals surface area contributed by atoms with Crippen LogP contribution >= 0.6 is 0 Å². The smallest absolute Gasteiger partial charge is 0.303 e. The fourth-order valence-corrected chi connectivity index (χ4v) is 0.526. The largest absolute Gasteiger partial charge is 0.481 e. The van der Waals surface area contributed by atoms with Crippen molar-refractivity contribution in [1.29, 1.82) is 0 Å². The van der Waals surface area contributed by atoms with Crippen LogP contribution in [0.1, 0.15) is 53.4 Å². The van der Waals surface area contributed by atoms with Gasteiger partial charge in [0.1, 0.15) is 0 Å². The first-order valence-electron chi connectivity index (χ1n) is 5.95. The van der Waals surface area contributed by atoms with Gasteiger partial charge < -0.3 is 5.11 Å². The van der Waals surface area contributed by atoms with Crippen LogP contribution in [-0.4, -0.2) is 11.1 Å². The van der Waals surface area contributed by atoms with Crippen LogP contribution in [-0.2, 0) is 4.79 Å². The fourth-order valence-electron chi connectivity index (χ4n) is 0.526. The molecule has 0 heterocycles. The van der Waals surface area contributed by atoms with Gasteiger partial charge in [0.25, 0.3) is 0 Å². The van der Waals surface area contributed by atoms with E-state index >= 15 is 0 Å². The standard InChI is InChI=1S/C6H12O2.3C3H6/c1-2-3-4-5-6(7)8;3*1-3-2/h2-5H2,1H3,(H,7,8);3*3H,1H2,2H3. The number of rotatable bonds is 4. The van der Waals surface area contributed by atoms with Crippen LogP contribution in [0.15, 0.2) is 38.0 Å². The van der Waals surface area contributed by atoms with Crippen LogP contribution < -0.4 is 0 Å². The molecule has 0 aliphatic rings. The lowest BCUT2D eigenvalue weighted by molar-refractivity contribution is -0.137. The van der Waals surface area contributed by atoms with E-state index in [-0.39, 0.29) is 0 Å². The molecular formula is C15H30O2. The Balaban J connectivity index is -0.0000000784. The Morgan fingerprint density at radius 3 is 1.47 bits per heavy atom. The van der Waals surface area contributed by atoms with E-state index in [2.05, 4.69) is 26.7 Å². The molecule has 0 unspecified atom stereocenters. The van der Waals surface area contributed by atoms with Gasteiger partial charge in [0.2, 0.25) is 0 Å². The molecule has 0 aromatic rings. The minimum absolute atomic E-state index is 0.327. The average Bonchev–Trinajstić information content (AvgIpc) is 2.21. The van der Waals surface area contributed by atoms with Gasteiger partial charge in [-0.25, -0.2) is 0 Å². The molecule has 0 saturated heterocycles. The van der Waals surface area contributed by atoms with Crippen LogP contribution in [0, 0.1) is 0 Å². The van der Waals surface area contributed by atoms with Crippen LogP contribution in [0.3, 0.4) is 0 Å². The lowest BCUT2D eigenvalue weighted by atomic mass is 10.2. The SMILES string of the molecule is C=CC.C=CC.C=CC.CCCCCC(=O)O. The molecular weight excluding hydrogens is 212 g/mol. The molecule has 102 valence electrons. The van der Waals surface area contributed by atoms with Crippen LogP contribution in [0.2, 0.25) is 0 Å². The predicted octanol–water partition coefficient (Wildman–Crippen LogP) is 5.23. The predicted molar refractivity (Wildman–Crippen MR) is 79.4 cm³/mol. The highest BCUT2D eigenvalue weighted by molar-refractivity contribution is 5.66. The number of carboxylic acids is 1. The molecule has 0 aromatic carbocycles. The first-order chi connectivity index (χ1) is 8.01. The van der Waals surface area contributed by atoms with Gasteiger partial charge in [0.15, 0.2) is 0 Å². The van der Waals surface area contributed by atoms with Crippen molar-refractivity contribution in [2.24, 2.45) is 0 Å². The Hall–Kier alpha value is -1.31. The summed E-state index contributed by atoms with van der Waals surface area (Å²) in [6.07, 6.45) is 8.53. The van der Waals surface area contributed by atoms with Gasteiger partial charge in [-0.2, -0.15) is 0 Å². The topological polar surface area (TPSA) is 37.3 Å². The molecule has 0 rings (SSSR count). The monoisotopic (exact) mass is 242 g/mol. The molecule has 1 N–H and O–H groups in total. The summed E-state index contributed by atoms with van der Waals surface area (Å²) in [4.78, 5) is 9.87. The van der Waals surface area contributed by atoms with Crippen molar-refractivity contribution in [1.82, 2.24) is 0 Å². The van der Waals surface area contributed by atoms with E-state index in [0.29, 0.717) is 6.42 Å². The maximum Gasteiger partial charge on any atom is 0.303 e. The van der Waals surface area contributed by atoms with E-state index in [4.69, 9.17) is 5.11 Å². The van der Waals surface area contributed by atoms with Gasteiger partial charge in [-0.15, -0.1) is 19.7 Å². The summed E-state index contributed by atoms with van der Waals surface area (Å²) in [7, 11) is 0. The van der Waals surface area contributed by atoms with E-state index in [1.165, 1.54) is 0 Å². The van der Waals surface area contributed by atoms with Crippen molar-refractivity contribution >= 4 is 5.97 Å². The van der Waals surface area contributed by atoms with Gasteiger partial charge in [-0.05, 0) is 27.2 Å². The molecule has 0 amide bonds. The molecule has 0 atom stereocenters. The third kappa shape index (κ3) is 174. The molecule has 0 aromatic heterocycles. The number of hydrogen-bond acceptors (Lipinski definition) is 1. The number of unbranched alkanes of at least 4 members (excludes halogenated alkanes) is 2. The van der Waals surface area contributed by atoms with Crippen molar-refractivity contribution in [2.45, 2.75) is 53.4 Å².